The van der Waals surface area contributed by atoms with Gasteiger partial charge in [0.2, 0.25) is 0 Å². The molecule has 0 saturated heterocycles. The van der Waals surface area contributed by atoms with Crippen LogP contribution in [0.25, 0.3) is 0 Å². The third kappa shape index (κ3) is 3.61. The van der Waals surface area contributed by atoms with Crippen molar-refractivity contribution in [2.24, 2.45) is 0 Å². The van der Waals surface area contributed by atoms with Gasteiger partial charge in [-0.3, -0.25) is 4.98 Å². The van der Waals surface area contributed by atoms with Crippen LogP contribution < -0.4 is 5.32 Å². The Hall–Kier alpha value is -1.74. The lowest BCUT2D eigenvalue weighted by molar-refractivity contribution is 0.605. The molecule has 2 nitrogen and oxygen atoms in total. The van der Waals surface area contributed by atoms with E-state index in [2.05, 4.69) is 10.3 Å². The molecule has 1 N–H and O–H groups in total. The number of hydrogen-bond acceptors (Lipinski definition) is 2. The highest BCUT2D eigenvalue weighted by atomic mass is 19.1. The second-order valence-electron chi connectivity index (χ2n) is 4.92. The van der Waals surface area contributed by atoms with Gasteiger partial charge in [0.15, 0.2) is 0 Å². The lowest BCUT2D eigenvalue weighted by Gasteiger charge is -2.08. The minimum Gasteiger partial charge on any atom is -0.307 e. The molecular formula is C16H19FN2. The van der Waals surface area contributed by atoms with Crippen molar-refractivity contribution in [2.45, 2.75) is 33.9 Å². The molecule has 0 radical (unpaired) electrons. The Kier molecular flexibility index (Phi) is 4.27. The Morgan fingerprint density at radius 2 is 1.74 bits per heavy atom. The minimum atomic E-state index is -0.107. The summed E-state index contributed by atoms with van der Waals surface area (Å²) in [6, 6.07) is 9.76. The lowest BCUT2D eigenvalue weighted by Crippen LogP contribution is -2.14. The van der Waals surface area contributed by atoms with Crippen LogP contribution in [0.15, 0.2) is 30.3 Å². The quantitative estimate of drug-likeness (QED) is 0.908. The SMILES string of the molecule is Cc1cccc(CNCc2cc(C)c(F)c(C)c2)n1. The summed E-state index contributed by atoms with van der Waals surface area (Å²) in [5, 5.41) is 3.33. The van der Waals surface area contributed by atoms with Crippen molar-refractivity contribution in [1.82, 2.24) is 10.3 Å². The van der Waals surface area contributed by atoms with Crippen LogP contribution >= 0.6 is 0 Å². The molecule has 0 atom stereocenters. The standard InChI is InChI=1S/C16H19FN2/c1-11-7-14(8-12(2)16(11)17)9-18-10-15-6-4-5-13(3)19-15/h4-8,18H,9-10H2,1-3H3. The van der Waals surface area contributed by atoms with E-state index in [1.807, 2.05) is 37.3 Å². The molecule has 0 fully saturated rings. The fraction of sp³-hybridized carbons (Fsp3) is 0.312. The number of halogens is 1. The molecule has 2 aromatic rings. The minimum absolute atomic E-state index is 0.107. The number of nitrogens with one attached hydrogen (secondary N) is 1. The van der Waals surface area contributed by atoms with Crippen LogP contribution in [0.1, 0.15) is 28.1 Å². The van der Waals surface area contributed by atoms with E-state index < -0.39 is 0 Å². The van der Waals surface area contributed by atoms with E-state index in [1.165, 1.54) is 0 Å². The van der Waals surface area contributed by atoms with Crippen LogP contribution in [0.2, 0.25) is 0 Å². The molecule has 19 heavy (non-hydrogen) atoms. The fourth-order valence-electron chi connectivity index (χ4n) is 2.17. The molecule has 0 bridgehead atoms. The first-order valence-electron chi connectivity index (χ1n) is 6.45. The van der Waals surface area contributed by atoms with Gasteiger partial charge in [-0.2, -0.15) is 0 Å². The van der Waals surface area contributed by atoms with E-state index >= 15 is 0 Å². The summed E-state index contributed by atoms with van der Waals surface area (Å²) < 4.78 is 13.5. The third-order valence-electron chi connectivity index (χ3n) is 3.08. The highest BCUT2D eigenvalue weighted by molar-refractivity contribution is 5.30. The fourth-order valence-corrected chi connectivity index (χ4v) is 2.17. The summed E-state index contributed by atoms with van der Waals surface area (Å²) in [6.45, 7) is 7.02. The maximum Gasteiger partial charge on any atom is 0.129 e. The summed E-state index contributed by atoms with van der Waals surface area (Å²) >= 11 is 0. The van der Waals surface area contributed by atoms with Crippen LogP contribution in [0, 0.1) is 26.6 Å². The molecule has 100 valence electrons. The van der Waals surface area contributed by atoms with Crippen molar-refractivity contribution in [3.8, 4) is 0 Å². The highest BCUT2D eigenvalue weighted by Crippen LogP contribution is 2.14. The average molecular weight is 258 g/mol. The maximum atomic E-state index is 13.5. The summed E-state index contributed by atoms with van der Waals surface area (Å²) in [4.78, 5) is 4.43. The Morgan fingerprint density at radius 1 is 1.05 bits per heavy atom. The van der Waals surface area contributed by atoms with Crippen molar-refractivity contribution < 1.29 is 4.39 Å². The number of nitrogens with zero attached hydrogens (tertiary/aromatic N) is 1. The molecule has 1 heterocycles. The third-order valence-corrected chi connectivity index (χ3v) is 3.08. The molecule has 0 unspecified atom stereocenters. The number of rotatable bonds is 4. The number of pyridine rings is 1. The molecule has 2 rings (SSSR count). The monoisotopic (exact) mass is 258 g/mol. The van der Waals surface area contributed by atoms with E-state index in [1.54, 1.807) is 13.8 Å². The van der Waals surface area contributed by atoms with Crippen molar-refractivity contribution in [3.63, 3.8) is 0 Å². The van der Waals surface area contributed by atoms with E-state index in [0.717, 1.165) is 30.0 Å². The maximum absolute atomic E-state index is 13.5. The molecule has 0 amide bonds. The number of benzene rings is 1. The van der Waals surface area contributed by atoms with Crippen molar-refractivity contribution in [2.75, 3.05) is 0 Å². The zero-order chi connectivity index (χ0) is 13.8. The Morgan fingerprint density at radius 3 is 2.37 bits per heavy atom. The molecule has 1 aromatic heterocycles. The predicted octanol–water partition coefficient (Wildman–Crippen LogP) is 3.44. The first-order valence-corrected chi connectivity index (χ1v) is 6.45. The van der Waals surface area contributed by atoms with Gasteiger partial charge in [0.25, 0.3) is 0 Å². The molecule has 1 aromatic carbocycles. The van der Waals surface area contributed by atoms with Crippen molar-refractivity contribution in [1.29, 1.82) is 0 Å². The van der Waals surface area contributed by atoms with E-state index in [-0.39, 0.29) is 5.82 Å². The lowest BCUT2D eigenvalue weighted by atomic mass is 10.1. The summed E-state index contributed by atoms with van der Waals surface area (Å²) in [6.07, 6.45) is 0. The van der Waals surface area contributed by atoms with Gasteiger partial charge in [-0.05, 0) is 49.6 Å². The predicted molar refractivity (Wildman–Crippen MR) is 75.4 cm³/mol. The highest BCUT2D eigenvalue weighted by Gasteiger charge is 2.04. The Bertz CT molecular complexity index is 556. The molecule has 0 spiro atoms. The summed E-state index contributed by atoms with van der Waals surface area (Å²) in [7, 11) is 0. The molecule has 0 aliphatic rings. The Labute approximate surface area is 113 Å². The summed E-state index contributed by atoms with van der Waals surface area (Å²) in [5.41, 5.74) is 4.54. The van der Waals surface area contributed by atoms with Gasteiger partial charge in [0, 0.05) is 18.8 Å². The van der Waals surface area contributed by atoms with E-state index in [0.29, 0.717) is 11.1 Å². The normalized spacial score (nSPS) is 10.7. The summed E-state index contributed by atoms with van der Waals surface area (Å²) in [5.74, 6) is -0.107. The van der Waals surface area contributed by atoms with Gasteiger partial charge >= 0.3 is 0 Å². The van der Waals surface area contributed by atoms with E-state index in [4.69, 9.17) is 0 Å². The van der Waals surface area contributed by atoms with Gasteiger partial charge in [-0.25, -0.2) is 4.39 Å². The first-order chi connectivity index (χ1) is 9.06. The zero-order valence-corrected chi connectivity index (χ0v) is 11.6. The number of aromatic nitrogens is 1. The van der Waals surface area contributed by atoms with E-state index in [9.17, 15) is 4.39 Å². The van der Waals surface area contributed by atoms with Crippen LogP contribution in [-0.2, 0) is 13.1 Å². The van der Waals surface area contributed by atoms with Crippen LogP contribution in [-0.4, -0.2) is 4.98 Å². The second-order valence-corrected chi connectivity index (χ2v) is 4.92. The molecule has 0 saturated carbocycles. The van der Waals surface area contributed by atoms with Crippen LogP contribution in [0.4, 0.5) is 4.39 Å². The van der Waals surface area contributed by atoms with Gasteiger partial charge < -0.3 is 5.32 Å². The van der Waals surface area contributed by atoms with Crippen LogP contribution in [0.3, 0.4) is 0 Å². The molecule has 0 aliphatic carbocycles. The van der Waals surface area contributed by atoms with Gasteiger partial charge in [-0.15, -0.1) is 0 Å². The largest absolute Gasteiger partial charge is 0.307 e. The number of hydrogen-bond donors (Lipinski definition) is 1. The molecule has 3 heteroatoms. The van der Waals surface area contributed by atoms with Crippen LogP contribution in [0.5, 0.6) is 0 Å². The first kappa shape index (κ1) is 13.7. The molecular weight excluding hydrogens is 239 g/mol. The zero-order valence-electron chi connectivity index (χ0n) is 11.6. The van der Waals surface area contributed by atoms with Gasteiger partial charge in [0.1, 0.15) is 5.82 Å². The van der Waals surface area contributed by atoms with Crippen molar-refractivity contribution >= 4 is 0 Å². The Balaban J connectivity index is 1.96. The van der Waals surface area contributed by atoms with Crippen molar-refractivity contribution in [3.05, 3.63) is 64.2 Å². The topological polar surface area (TPSA) is 24.9 Å². The second kappa shape index (κ2) is 5.93. The smallest absolute Gasteiger partial charge is 0.129 e. The average Bonchev–Trinajstić information content (AvgIpc) is 2.36. The number of aryl methyl sites for hydroxylation is 3. The molecule has 0 aliphatic heterocycles. The van der Waals surface area contributed by atoms with Gasteiger partial charge in [-0.1, -0.05) is 18.2 Å². The van der Waals surface area contributed by atoms with Gasteiger partial charge in [0.05, 0.1) is 5.69 Å².